The van der Waals surface area contributed by atoms with Crippen molar-refractivity contribution in [2.24, 2.45) is 11.8 Å². The first-order valence-corrected chi connectivity index (χ1v) is 25.6. The van der Waals surface area contributed by atoms with Crippen molar-refractivity contribution < 1.29 is 28.7 Å². The van der Waals surface area contributed by atoms with Crippen LogP contribution in [0.2, 0.25) is 0 Å². The summed E-state index contributed by atoms with van der Waals surface area (Å²) in [5.74, 6) is 2.10. The number of aromatic nitrogens is 4. The number of alkyl carbamates (subject to hydrolysis) is 2. The van der Waals surface area contributed by atoms with E-state index in [-0.39, 0.29) is 41.1 Å². The van der Waals surface area contributed by atoms with E-state index < -0.39 is 35.5 Å². The number of amides is 4. The maximum absolute atomic E-state index is 14.1. The number of carbonyl (C=O) groups is 4. The zero-order valence-electron chi connectivity index (χ0n) is 42.0. The summed E-state index contributed by atoms with van der Waals surface area (Å²) in [7, 11) is 0. The van der Waals surface area contributed by atoms with Gasteiger partial charge in [0.25, 0.3) is 0 Å². The van der Waals surface area contributed by atoms with Gasteiger partial charge in [0.2, 0.25) is 11.8 Å². The molecule has 0 bridgehead atoms. The Morgan fingerprint density at radius 1 is 0.672 bits per heavy atom. The lowest BCUT2D eigenvalue weighted by Gasteiger charge is -2.34. The van der Waals surface area contributed by atoms with Gasteiger partial charge in [-0.1, -0.05) is 52.7 Å². The molecule has 2 saturated carbocycles. The molecule has 4 N–H and O–H groups in total. The SMILES string of the molecule is CC(C)[C@H](NC(=O)OC(C)(C)C)C(=O)N1CCC[C@@H]1c1ncc(-c2ccc(C3CCC(c4cnc([C@@H]5CCCN5C(=O)[C@@H](NC(=O)OC(C)(C)C)C(C)C)[nH]4)CC3)c3c2CCC32CCCC2)[nH]1. The van der Waals surface area contributed by atoms with Crippen LogP contribution in [0, 0.1) is 11.8 Å². The summed E-state index contributed by atoms with van der Waals surface area (Å²) < 4.78 is 11.0. The molecule has 366 valence electrons. The molecule has 4 heterocycles. The van der Waals surface area contributed by atoms with E-state index >= 15 is 0 Å². The number of aromatic amines is 2. The topological polar surface area (TPSA) is 175 Å². The third-order valence-electron chi connectivity index (χ3n) is 15.3. The number of benzene rings is 1. The number of hydrogen-bond acceptors (Lipinski definition) is 8. The molecule has 4 atom stereocenters. The maximum atomic E-state index is 14.1. The van der Waals surface area contributed by atoms with Gasteiger partial charge in [-0.25, -0.2) is 19.6 Å². The van der Waals surface area contributed by atoms with Crippen molar-refractivity contribution in [3.63, 3.8) is 0 Å². The number of rotatable bonds is 11. The number of H-pyrrole nitrogens is 2. The van der Waals surface area contributed by atoms with E-state index in [0.717, 1.165) is 80.8 Å². The highest BCUT2D eigenvalue weighted by molar-refractivity contribution is 5.87. The van der Waals surface area contributed by atoms with Crippen molar-refractivity contribution in [2.75, 3.05) is 13.1 Å². The van der Waals surface area contributed by atoms with E-state index in [2.05, 4.69) is 32.7 Å². The monoisotopic (exact) mass is 923 g/mol. The number of carbonyl (C=O) groups excluding carboxylic acids is 4. The molecule has 1 spiro atoms. The van der Waals surface area contributed by atoms with Crippen LogP contribution < -0.4 is 10.6 Å². The van der Waals surface area contributed by atoms with Gasteiger partial charge in [-0.2, -0.15) is 0 Å². The van der Waals surface area contributed by atoms with E-state index in [1.54, 1.807) is 11.1 Å². The second-order valence-electron chi connectivity index (χ2n) is 23.1. The molecule has 0 radical (unpaired) electrons. The molecule has 1 aromatic carbocycles. The van der Waals surface area contributed by atoms with Gasteiger partial charge in [0, 0.05) is 36.5 Å². The van der Waals surface area contributed by atoms with Crippen LogP contribution in [0.4, 0.5) is 9.59 Å². The molecule has 2 aliphatic heterocycles. The molecule has 8 rings (SSSR count). The largest absolute Gasteiger partial charge is 0.444 e. The first kappa shape index (κ1) is 48.6. The second-order valence-corrected chi connectivity index (χ2v) is 23.1. The average Bonchev–Trinajstić information content (AvgIpc) is 4.12. The molecule has 5 aliphatic rings. The van der Waals surface area contributed by atoms with E-state index in [1.165, 1.54) is 43.2 Å². The minimum Gasteiger partial charge on any atom is -0.444 e. The zero-order valence-corrected chi connectivity index (χ0v) is 42.0. The molecule has 14 heteroatoms. The Morgan fingerprint density at radius 2 is 1.18 bits per heavy atom. The van der Waals surface area contributed by atoms with Gasteiger partial charge >= 0.3 is 12.2 Å². The fourth-order valence-electron chi connectivity index (χ4n) is 12.2. The molecule has 2 saturated heterocycles. The van der Waals surface area contributed by atoms with Crippen molar-refractivity contribution >= 4 is 24.0 Å². The number of nitrogens with one attached hydrogen (secondary N) is 4. The fraction of sp³-hybridized carbons (Fsp3) is 0.698. The Bertz CT molecular complexity index is 2270. The Labute approximate surface area is 398 Å². The van der Waals surface area contributed by atoms with E-state index in [0.29, 0.717) is 24.9 Å². The number of likely N-dealkylation sites (tertiary alicyclic amines) is 2. The quantitative estimate of drug-likeness (QED) is 0.147. The lowest BCUT2D eigenvalue weighted by molar-refractivity contribution is -0.136. The van der Waals surface area contributed by atoms with Crippen LogP contribution in [0.1, 0.15) is 211 Å². The highest BCUT2D eigenvalue weighted by atomic mass is 16.6. The van der Waals surface area contributed by atoms with Gasteiger partial charge in [0.1, 0.15) is 34.9 Å². The van der Waals surface area contributed by atoms with E-state index in [4.69, 9.17) is 19.4 Å². The normalized spacial score (nSPS) is 23.8. The predicted molar refractivity (Wildman–Crippen MR) is 258 cm³/mol. The number of nitrogens with zero attached hydrogens (tertiary/aromatic N) is 4. The van der Waals surface area contributed by atoms with Gasteiger partial charge in [-0.15, -0.1) is 0 Å². The Hall–Kier alpha value is -4.88. The first-order chi connectivity index (χ1) is 31.7. The van der Waals surface area contributed by atoms with E-state index in [9.17, 15) is 19.2 Å². The predicted octanol–water partition coefficient (Wildman–Crippen LogP) is 10.4. The van der Waals surface area contributed by atoms with Crippen molar-refractivity contribution in [2.45, 2.75) is 212 Å². The van der Waals surface area contributed by atoms with Crippen molar-refractivity contribution in [3.05, 3.63) is 58.6 Å². The highest BCUT2D eigenvalue weighted by Gasteiger charge is 2.46. The van der Waals surface area contributed by atoms with Crippen LogP contribution in [-0.2, 0) is 30.9 Å². The van der Waals surface area contributed by atoms with Crippen molar-refractivity contribution in [1.29, 1.82) is 0 Å². The van der Waals surface area contributed by atoms with Gasteiger partial charge in [-0.05, 0) is 158 Å². The highest BCUT2D eigenvalue weighted by Crippen LogP contribution is 2.56. The molecule has 3 aliphatic carbocycles. The lowest BCUT2D eigenvalue weighted by Crippen LogP contribution is -2.52. The molecule has 2 aromatic heterocycles. The molecule has 4 fully saturated rings. The molecule has 4 amide bonds. The van der Waals surface area contributed by atoms with Gasteiger partial charge in [0.15, 0.2) is 0 Å². The minimum atomic E-state index is -0.699. The number of fused-ring (bicyclic) bond motifs is 2. The Kier molecular flexibility index (Phi) is 14.0. The average molecular weight is 923 g/mol. The molecule has 0 unspecified atom stereocenters. The summed E-state index contributed by atoms with van der Waals surface area (Å²) in [6.45, 7) is 20.0. The van der Waals surface area contributed by atoms with Crippen molar-refractivity contribution in [3.8, 4) is 11.3 Å². The van der Waals surface area contributed by atoms with Crippen molar-refractivity contribution in [1.82, 2.24) is 40.4 Å². The Morgan fingerprint density at radius 3 is 1.70 bits per heavy atom. The minimum absolute atomic E-state index is 0.0911. The fourth-order valence-corrected chi connectivity index (χ4v) is 12.2. The summed E-state index contributed by atoms with van der Waals surface area (Å²) in [6, 6.07) is 3.05. The molecular formula is C53H78N8O6. The van der Waals surface area contributed by atoms with Crippen LogP contribution in [0.3, 0.4) is 0 Å². The third-order valence-corrected chi connectivity index (χ3v) is 15.3. The number of imidazole rings is 2. The maximum Gasteiger partial charge on any atom is 0.408 e. The molecule has 14 nitrogen and oxygen atoms in total. The number of hydrogen-bond donors (Lipinski definition) is 4. The van der Waals surface area contributed by atoms with Gasteiger partial charge in [-0.3, -0.25) is 9.59 Å². The van der Waals surface area contributed by atoms with Crippen LogP contribution in [-0.4, -0.2) is 90.1 Å². The zero-order chi connectivity index (χ0) is 48.0. The van der Waals surface area contributed by atoms with E-state index in [1.807, 2.05) is 91.4 Å². The Balaban J connectivity index is 0.960. The summed E-state index contributed by atoms with van der Waals surface area (Å²) in [5.41, 5.74) is 6.97. The second kappa shape index (κ2) is 19.3. The molecule has 67 heavy (non-hydrogen) atoms. The van der Waals surface area contributed by atoms with Crippen LogP contribution in [0.5, 0.6) is 0 Å². The van der Waals surface area contributed by atoms with Crippen LogP contribution in [0.15, 0.2) is 24.5 Å². The summed E-state index contributed by atoms with van der Waals surface area (Å²) >= 11 is 0. The van der Waals surface area contributed by atoms with Gasteiger partial charge < -0.3 is 39.9 Å². The third kappa shape index (κ3) is 10.4. The summed E-state index contributed by atoms with van der Waals surface area (Å²) in [5, 5.41) is 5.72. The van der Waals surface area contributed by atoms with Crippen LogP contribution >= 0.6 is 0 Å². The smallest absolute Gasteiger partial charge is 0.408 e. The first-order valence-electron chi connectivity index (χ1n) is 25.6. The summed E-state index contributed by atoms with van der Waals surface area (Å²) in [4.78, 5) is 74.7. The summed E-state index contributed by atoms with van der Waals surface area (Å²) in [6.07, 6.45) is 17.9. The standard InChI is InChI=1S/C53H78N8O6/c1-31(2)43(58-49(64)66-51(5,6)7)47(62)60-27-13-15-40(60)45-54-29-38(56-45)34-19-17-33(18-20-34)35-21-22-36(37-23-26-53(42(35)37)24-11-12-25-53)39-30-55-46(57-39)41-16-14-28-61(41)48(63)44(32(3)4)59-50(65)67-52(8,9)10/h21-22,29-34,40-41,43-44H,11-20,23-28H2,1-10H3,(H,54,56)(H,55,57)(H,58,64)(H,59,65)/t33?,34?,40-,41+,43-,44-/m0/s1. The van der Waals surface area contributed by atoms with Crippen LogP contribution in [0.25, 0.3) is 11.3 Å². The molecular weight excluding hydrogens is 845 g/mol. The number of ether oxygens (including phenoxy) is 2. The van der Waals surface area contributed by atoms with Gasteiger partial charge in [0.05, 0.1) is 24.0 Å². The lowest BCUT2D eigenvalue weighted by atomic mass is 9.71. The molecule has 3 aromatic rings.